The number of aliphatic carboxylic acids is 1. The first-order valence-corrected chi connectivity index (χ1v) is 8.75. The molecule has 1 aromatic heterocycles. The maximum Gasteiger partial charge on any atom is 0.303 e. The van der Waals surface area contributed by atoms with Crippen molar-refractivity contribution in [1.82, 2.24) is 4.57 Å². The summed E-state index contributed by atoms with van der Waals surface area (Å²) in [6.07, 6.45) is 0.540. The monoisotopic (exact) mass is 365 g/mol. The predicted octanol–water partition coefficient (Wildman–Crippen LogP) is 4.49. The third-order valence-corrected chi connectivity index (χ3v) is 4.59. The standard InChI is InChI=1S/C22H23NO4/c1-15-14-19(27-3)10-12-20(15)23-17(7-13-22(24)25)6-11-21(23)16-4-8-18(26-2)9-5-16/h4-6,8-12,14H,7,13H2,1-3H3,(H,24,25). The van der Waals surface area contributed by atoms with Crippen molar-refractivity contribution in [2.24, 2.45) is 0 Å². The highest BCUT2D eigenvalue weighted by atomic mass is 16.5. The number of hydrogen-bond donors (Lipinski definition) is 1. The molecule has 0 spiro atoms. The van der Waals surface area contributed by atoms with E-state index in [9.17, 15) is 4.79 Å². The number of aromatic nitrogens is 1. The first kappa shape index (κ1) is 18.6. The molecule has 27 heavy (non-hydrogen) atoms. The Morgan fingerprint density at radius 1 is 0.963 bits per heavy atom. The summed E-state index contributed by atoms with van der Waals surface area (Å²) in [5.74, 6) is 0.783. The van der Waals surface area contributed by atoms with Crippen LogP contribution in [-0.4, -0.2) is 29.9 Å². The molecule has 0 unspecified atom stereocenters. The Hall–Kier alpha value is -3.21. The zero-order valence-corrected chi connectivity index (χ0v) is 15.7. The van der Waals surface area contributed by atoms with Crippen LogP contribution in [0.25, 0.3) is 16.9 Å². The van der Waals surface area contributed by atoms with Crippen molar-refractivity contribution in [3.63, 3.8) is 0 Å². The van der Waals surface area contributed by atoms with Gasteiger partial charge in [0.05, 0.1) is 26.3 Å². The Morgan fingerprint density at radius 3 is 2.22 bits per heavy atom. The van der Waals surface area contributed by atoms with Crippen molar-refractivity contribution in [2.45, 2.75) is 19.8 Å². The van der Waals surface area contributed by atoms with Crippen LogP contribution in [0.2, 0.25) is 0 Å². The second-order valence-corrected chi connectivity index (χ2v) is 6.32. The number of benzene rings is 2. The molecule has 3 aromatic rings. The van der Waals surface area contributed by atoms with Crippen LogP contribution in [-0.2, 0) is 11.2 Å². The molecule has 1 heterocycles. The lowest BCUT2D eigenvalue weighted by Crippen LogP contribution is -2.07. The maximum atomic E-state index is 11.1. The fourth-order valence-corrected chi connectivity index (χ4v) is 3.19. The summed E-state index contributed by atoms with van der Waals surface area (Å²) in [5, 5.41) is 9.10. The molecule has 0 saturated heterocycles. The van der Waals surface area contributed by atoms with Crippen molar-refractivity contribution >= 4 is 5.97 Å². The highest BCUT2D eigenvalue weighted by molar-refractivity contribution is 5.68. The Morgan fingerprint density at radius 2 is 1.63 bits per heavy atom. The second-order valence-electron chi connectivity index (χ2n) is 6.32. The van der Waals surface area contributed by atoms with Gasteiger partial charge in [0.2, 0.25) is 0 Å². The highest BCUT2D eigenvalue weighted by Crippen LogP contribution is 2.31. The van der Waals surface area contributed by atoms with E-state index in [1.807, 2.05) is 61.5 Å². The van der Waals surface area contributed by atoms with Gasteiger partial charge >= 0.3 is 5.97 Å². The van der Waals surface area contributed by atoms with Gasteiger partial charge in [0.1, 0.15) is 11.5 Å². The van der Waals surface area contributed by atoms with Crippen LogP contribution in [0.5, 0.6) is 11.5 Å². The average Bonchev–Trinajstić information content (AvgIpc) is 3.10. The van der Waals surface area contributed by atoms with Crippen LogP contribution in [0, 0.1) is 6.92 Å². The van der Waals surface area contributed by atoms with Gasteiger partial charge < -0.3 is 19.1 Å². The van der Waals surface area contributed by atoms with Crippen LogP contribution in [0.1, 0.15) is 17.7 Å². The fourth-order valence-electron chi connectivity index (χ4n) is 3.19. The molecular weight excluding hydrogens is 342 g/mol. The molecule has 1 N–H and O–H groups in total. The van der Waals surface area contributed by atoms with Gasteiger partial charge in [-0.15, -0.1) is 0 Å². The second kappa shape index (κ2) is 7.99. The van der Waals surface area contributed by atoms with Crippen LogP contribution in [0.3, 0.4) is 0 Å². The highest BCUT2D eigenvalue weighted by Gasteiger charge is 2.15. The minimum absolute atomic E-state index is 0.0846. The van der Waals surface area contributed by atoms with Crippen molar-refractivity contribution in [1.29, 1.82) is 0 Å². The Bertz CT molecular complexity index is 941. The van der Waals surface area contributed by atoms with Gasteiger partial charge in [-0.25, -0.2) is 0 Å². The van der Waals surface area contributed by atoms with Gasteiger partial charge in [0.15, 0.2) is 0 Å². The summed E-state index contributed by atoms with van der Waals surface area (Å²) in [6, 6.07) is 17.8. The smallest absolute Gasteiger partial charge is 0.303 e. The van der Waals surface area contributed by atoms with Crippen molar-refractivity contribution in [3.8, 4) is 28.4 Å². The zero-order chi connectivity index (χ0) is 19.4. The first-order chi connectivity index (χ1) is 13.0. The van der Waals surface area contributed by atoms with Crippen LogP contribution < -0.4 is 9.47 Å². The van der Waals surface area contributed by atoms with E-state index >= 15 is 0 Å². The SMILES string of the molecule is COc1ccc(-c2ccc(CCC(=O)O)n2-c2ccc(OC)cc2C)cc1. The minimum Gasteiger partial charge on any atom is -0.497 e. The quantitative estimate of drug-likeness (QED) is 0.670. The van der Waals surface area contributed by atoms with Gasteiger partial charge in [-0.2, -0.15) is 0 Å². The van der Waals surface area contributed by atoms with E-state index in [0.29, 0.717) is 6.42 Å². The van der Waals surface area contributed by atoms with Gasteiger partial charge in [-0.05, 0) is 79.1 Å². The summed E-state index contributed by atoms with van der Waals surface area (Å²) in [6.45, 7) is 2.02. The molecule has 0 amide bonds. The van der Waals surface area contributed by atoms with Crippen LogP contribution in [0.15, 0.2) is 54.6 Å². The molecule has 2 aromatic carbocycles. The van der Waals surface area contributed by atoms with Crippen molar-refractivity contribution in [2.75, 3.05) is 14.2 Å². The summed E-state index contributed by atoms with van der Waals surface area (Å²) < 4.78 is 12.7. The summed E-state index contributed by atoms with van der Waals surface area (Å²) in [7, 11) is 3.29. The van der Waals surface area contributed by atoms with Gasteiger partial charge in [-0.3, -0.25) is 4.79 Å². The number of rotatable bonds is 7. The Balaban J connectivity index is 2.12. The predicted molar refractivity (Wildman–Crippen MR) is 105 cm³/mol. The third-order valence-electron chi connectivity index (χ3n) is 4.59. The lowest BCUT2D eigenvalue weighted by atomic mass is 10.1. The number of hydrogen-bond acceptors (Lipinski definition) is 3. The Labute approximate surface area is 158 Å². The topological polar surface area (TPSA) is 60.7 Å². The molecule has 0 bridgehead atoms. The molecule has 0 atom stereocenters. The van der Waals surface area contributed by atoms with Gasteiger partial charge in [0.25, 0.3) is 0 Å². The van der Waals surface area contributed by atoms with E-state index in [1.165, 1.54) is 0 Å². The number of nitrogens with zero attached hydrogens (tertiary/aromatic N) is 1. The van der Waals surface area contributed by atoms with Crippen LogP contribution in [0.4, 0.5) is 0 Å². The normalized spacial score (nSPS) is 10.6. The van der Waals surface area contributed by atoms with E-state index < -0.39 is 5.97 Å². The Kier molecular flexibility index (Phi) is 5.50. The average molecular weight is 365 g/mol. The number of ether oxygens (including phenoxy) is 2. The van der Waals surface area contributed by atoms with E-state index in [0.717, 1.165) is 39.7 Å². The molecule has 0 aliphatic heterocycles. The molecular formula is C22H23NO4. The fraction of sp³-hybridized carbons (Fsp3) is 0.227. The molecule has 0 radical (unpaired) electrons. The number of carboxylic acids is 1. The van der Waals surface area contributed by atoms with Crippen LogP contribution >= 0.6 is 0 Å². The van der Waals surface area contributed by atoms with Crippen molar-refractivity contribution < 1.29 is 19.4 Å². The first-order valence-electron chi connectivity index (χ1n) is 8.75. The summed E-state index contributed by atoms with van der Waals surface area (Å²) in [4.78, 5) is 11.1. The molecule has 3 rings (SSSR count). The van der Waals surface area contributed by atoms with E-state index in [4.69, 9.17) is 14.6 Å². The zero-order valence-electron chi connectivity index (χ0n) is 15.7. The number of methoxy groups -OCH3 is 2. The molecule has 5 heteroatoms. The van der Waals surface area contributed by atoms with Gasteiger partial charge in [-0.1, -0.05) is 0 Å². The van der Waals surface area contributed by atoms with Crippen molar-refractivity contribution in [3.05, 3.63) is 65.9 Å². The van der Waals surface area contributed by atoms with E-state index in [2.05, 4.69) is 4.57 Å². The minimum atomic E-state index is -0.805. The molecule has 0 aliphatic rings. The molecule has 5 nitrogen and oxygen atoms in total. The molecule has 0 saturated carbocycles. The number of carboxylic acid groups (broad SMARTS) is 1. The number of carbonyl (C=O) groups is 1. The lowest BCUT2D eigenvalue weighted by molar-refractivity contribution is -0.136. The summed E-state index contributed by atoms with van der Waals surface area (Å²) in [5.41, 5.74) is 5.05. The number of aryl methyl sites for hydroxylation is 2. The molecule has 0 aliphatic carbocycles. The summed E-state index contributed by atoms with van der Waals surface area (Å²) >= 11 is 0. The largest absolute Gasteiger partial charge is 0.497 e. The maximum absolute atomic E-state index is 11.1. The van der Waals surface area contributed by atoms with E-state index in [1.54, 1.807) is 14.2 Å². The van der Waals surface area contributed by atoms with Gasteiger partial charge in [0, 0.05) is 11.4 Å². The third kappa shape index (κ3) is 3.97. The molecule has 0 fully saturated rings. The lowest BCUT2D eigenvalue weighted by Gasteiger charge is -2.17. The van der Waals surface area contributed by atoms with E-state index in [-0.39, 0.29) is 6.42 Å². The molecule has 140 valence electrons.